The largest absolute Gasteiger partial charge is 0.457 e. The highest BCUT2D eigenvalue weighted by Gasteiger charge is 2.19. The van der Waals surface area contributed by atoms with Gasteiger partial charge >= 0.3 is 11.9 Å². The van der Waals surface area contributed by atoms with Gasteiger partial charge in [0.1, 0.15) is 5.75 Å². The van der Waals surface area contributed by atoms with Gasteiger partial charge < -0.3 is 20.9 Å². The molecular weight excluding hydrogens is 422 g/mol. The van der Waals surface area contributed by atoms with Crippen LogP contribution < -0.4 is 16.2 Å². The zero-order valence-corrected chi connectivity index (χ0v) is 17.9. The van der Waals surface area contributed by atoms with Crippen LogP contribution in [0.2, 0.25) is 0 Å². The van der Waals surface area contributed by atoms with E-state index in [1.54, 1.807) is 85.8 Å². The van der Waals surface area contributed by atoms with Crippen LogP contribution in [-0.4, -0.2) is 30.3 Å². The third-order valence-corrected chi connectivity index (χ3v) is 4.75. The number of ketones is 1. The second-order valence-electron chi connectivity index (χ2n) is 7.16. The molecule has 0 radical (unpaired) electrons. The summed E-state index contributed by atoms with van der Waals surface area (Å²) in [5, 5.41) is 0. The van der Waals surface area contributed by atoms with Gasteiger partial charge in [0.25, 0.3) is 0 Å². The van der Waals surface area contributed by atoms with Gasteiger partial charge in [-0.2, -0.15) is 0 Å². The minimum atomic E-state index is -0.596. The molecule has 4 N–H and O–H groups in total. The Bertz CT molecular complexity index is 1150. The quantitative estimate of drug-likeness (QED) is 0.178. The molecule has 0 amide bonds. The number of ether oxygens (including phenoxy) is 2. The minimum Gasteiger partial charge on any atom is -0.457 e. The zero-order chi connectivity index (χ0) is 23.8. The van der Waals surface area contributed by atoms with Gasteiger partial charge in [-0.05, 0) is 48.9 Å². The van der Waals surface area contributed by atoms with Gasteiger partial charge in [0.15, 0.2) is 18.3 Å². The zero-order valence-electron chi connectivity index (χ0n) is 17.9. The van der Waals surface area contributed by atoms with Gasteiger partial charge in [-0.15, -0.1) is 0 Å². The highest BCUT2D eigenvalue weighted by molar-refractivity contribution is 5.98. The number of benzene rings is 3. The van der Waals surface area contributed by atoms with Crippen LogP contribution in [-0.2, 0) is 9.53 Å². The van der Waals surface area contributed by atoms with E-state index in [0.717, 1.165) is 0 Å². The van der Waals surface area contributed by atoms with Gasteiger partial charge in [0, 0.05) is 5.56 Å². The molecule has 0 aliphatic carbocycles. The minimum absolute atomic E-state index is 0.0775. The lowest BCUT2D eigenvalue weighted by molar-refractivity contribution is -0.143. The normalized spacial score (nSPS) is 11.2. The first-order valence-corrected chi connectivity index (χ1v) is 10.1. The predicted molar refractivity (Wildman–Crippen MR) is 123 cm³/mol. The van der Waals surface area contributed by atoms with E-state index in [4.69, 9.17) is 20.9 Å². The van der Waals surface area contributed by atoms with Crippen LogP contribution in [0.1, 0.15) is 39.1 Å². The van der Waals surface area contributed by atoms with Gasteiger partial charge in [-0.25, -0.2) is 9.79 Å². The SMILES string of the molecule is CC(C(=O)OCC(=O)c1ccccc1)c1ccc(OC(=O)c2ccc(N=C(N)N)cc2)cc1. The Morgan fingerprint density at radius 1 is 0.848 bits per heavy atom. The van der Waals surface area contributed by atoms with Crippen LogP contribution >= 0.6 is 0 Å². The number of hydrogen-bond donors (Lipinski definition) is 2. The lowest BCUT2D eigenvalue weighted by Crippen LogP contribution is -2.21. The summed E-state index contributed by atoms with van der Waals surface area (Å²) in [7, 11) is 0. The van der Waals surface area contributed by atoms with Gasteiger partial charge in [0.05, 0.1) is 17.2 Å². The molecule has 33 heavy (non-hydrogen) atoms. The van der Waals surface area contributed by atoms with Crippen molar-refractivity contribution in [3.63, 3.8) is 0 Å². The van der Waals surface area contributed by atoms with E-state index in [1.807, 2.05) is 0 Å². The molecule has 8 heteroatoms. The molecule has 0 aliphatic heterocycles. The second-order valence-corrected chi connectivity index (χ2v) is 7.16. The number of carbonyl (C=O) groups excluding carboxylic acids is 3. The number of nitrogens with zero attached hydrogens (tertiary/aromatic N) is 1. The standard InChI is InChI=1S/C25H23N3O5/c1-16(23(30)32-15-22(29)18-5-3-2-4-6-18)17-9-13-21(14-10-17)33-24(31)19-7-11-20(12-8-19)28-25(26)27/h2-14,16H,15H2,1H3,(H4,26,27,28). The first kappa shape index (κ1) is 23.2. The van der Waals surface area contributed by atoms with Crippen molar-refractivity contribution in [1.82, 2.24) is 0 Å². The molecule has 1 atom stereocenters. The van der Waals surface area contributed by atoms with Crippen LogP contribution in [0.3, 0.4) is 0 Å². The Morgan fingerprint density at radius 2 is 1.48 bits per heavy atom. The van der Waals surface area contributed by atoms with E-state index in [-0.39, 0.29) is 18.3 Å². The number of nitrogens with two attached hydrogens (primary N) is 2. The number of Topliss-reactive ketones (excluding diaryl/α,β-unsaturated/α-hetero) is 1. The van der Waals surface area contributed by atoms with Gasteiger partial charge in [-0.1, -0.05) is 42.5 Å². The van der Waals surface area contributed by atoms with E-state index in [0.29, 0.717) is 28.1 Å². The van der Waals surface area contributed by atoms with Crippen molar-refractivity contribution in [2.45, 2.75) is 12.8 Å². The smallest absolute Gasteiger partial charge is 0.343 e. The van der Waals surface area contributed by atoms with Crippen molar-refractivity contribution in [3.8, 4) is 5.75 Å². The summed E-state index contributed by atoms with van der Waals surface area (Å²) in [6.07, 6.45) is 0. The van der Waals surface area contributed by atoms with Gasteiger partial charge in [0.2, 0.25) is 0 Å². The summed E-state index contributed by atoms with van der Waals surface area (Å²) in [5.74, 6) is -1.70. The molecule has 168 valence electrons. The molecular formula is C25H23N3O5. The fraction of sp³-hybridized carbons (Fsp3) is 0.120. The fourth-order valence-corrected chi connectivity index (χ4v) is 2.92. The van der Waals surface area contributed by atoms with E-state index in [1.165, 1.54) is 0 Å². The Morgan fingerprint density at radius 3 is 2.09 bits per heavy atom. The first-order chi connectivity index (χ1) is 15.8. The molecule has 8 nitrogen and oxygen atoms in total. The van der Waals surface area contributed by atoms with Crippen molar-refractivity contribution in [2.24, 2.45) is 16.5 Å². The van der Waals surface area contributed by atoms with E-state index in [2.05, 4.69) is 4.99 Å². The summed E-state index contributed by atoms with van der Waals surface area (Å²) in [4.78, 5) is 40.6. The number of esters is 2. The molecule has 0 saturated heterocycles. The molecule has 3 aromatic rings. The Hall–Kier alpha value is -4.46. The van der Waals surface area contributed by atoms with Crippen molar-refractivity contribution >= 4 is 29.4 Å². The molecule has 0 heterocycles. The van der Waals surface area contributed by atoms with Gasteiger partial charge in [-0.3, -0.25) is 9.59 Å². The van der Waals surface area contributed by atoms with E-state index >= 15 is 0 Å². The monoisotopic (exact) mass is 445 g/mol. The molecule has 0 spiro atoms. The van der Waals surface area contributed by atoms with Crippen LogP contribution in [0.25, 0.3) is 0 Å². The lowest BCUT2D eigenvalue weighted by Gasteiger charge is -2.12. The lowest BCUT2D eigenvalue weighted by atomic mass is 10.0. The van der Waals surface area contributed by atoms with Crippen molar-refractivity contribution < 1.29 is 23.9 Å². The molecule has 3 aromatic carbocycles. The summed E-state index contributed by atoms with van der Waals surface area (Å²) < 4.78 is 10.5. The maximum atomic E-state index is 12.3. The highest BCUT2D eigenvalue weighted by Crippen LogP contribution is 2.22. The summed E-state index contributed by atoms with van der Waals surface area (Å²) in [5.41, 5.74) is 12.6. The van der Waals surface area contributed by atoms with Crippen LogP contribution in [0.4, 0.5) is 5.69 Å². The Balaban J connectivity index is 1.55. The average Bonchev–Trinajstić information content (AvgIpc) is 2.83. The molecule has 0 aromatic heterocycles. The summed E-state index contributed by atoms with van der Waals surface area (Å²) >= 11 is 0. The van der Waals surface area contributed by atoms with Crippen molar-refractivity contribution in [3.05, 3.63) is 95.6 Å². The predicted octanol–water partition coefficient (Wildman–Crippen LogP) is 3.34. The van der Waals surface area contributed by atoms with Crippen LogP contribution in [0.15, 0.2) is 83.9 Å². The van der Waals surface area contributed by atoms with Crippen molar-refractivity contribution in [2.75, 3.05) is 6.61 Å². The Kier molecular flexibility index (Phi) is 7.54. The van der Waals surface area contributed by atoms with Crippen molar-refractivity contribution in [1.29, 1.82) is 0 Å². The maximum absolute atomic E-state index is 12.3. The Labute approximate surface area is 190 Å². The third-order valence-electron chi connectivity index (χ3n) is 4.75. The van der Waals surface area contributed by atoms with E-state index in [9.17, 15) is 14.4 Å². The number of rotatable bonds is 8. The molecule has 3 rings (SSSR count). The molecule has 0 aliphatic rings. The number of carbonyl (C=O) groups is 3. The fourth-order valence-electron chi connectivity index (χ4n) is 2.92. The number of aliphatic imine (C=N–C) groups is 1. The average molecular weight is 445 g/mol. The van der Waals surface area contributed by atoms with Crippen LogP contribution in [0, 0.1) is 0 Å². The highest BCUT2D eigenvalue weighted by atomic mass is 16.5. The molecule has 0 fully saturated rings. The molecule has 0 bridgehead atoms. The maximum Gasteiger partial charge on any atom is 0.343 e. The summed E-state index contributed by atoms with van der Waals surface area (Å²) in [6.45, 7) is 1.35. The van der Waals surface area contributed by atoms with Crippen LogP contribution in [0.5, 0.6) is 5.75 Å². The third kappa shape index (κ3) is 6.51. The number of guanidine groups is 1. The molecule has 1 unspecified atom stereocenters. The first-order valence-electron chi connectivity index (χ1n) is 10.1. The summed E-state index contributed by atoms with van der Waals surface area (Å²) in [6, 6.07) is 21.4. The number of hydrogen-bond acceptors (Lipinski definition) is 6. The second kappa shape index (κ2) is 10.7. The van der Waals surface area contributed by atoms with E-state index < -0.39 is 17.9 Å². The molecule has 0 saturated carbocycles. The topological polar surface area (TPSA) is 134 Å².